The summed E-state index contributed by atoms with van der Waals surface area (Å²) < 4.78 is 31.9. The largest absolute Gasteiger partial charge is 0.491 e. The number of ether oxygens (including phenoxy) is 1. The molecule has 0 saturated carbocycles. The first-order valence-electron chi connectivity index (χ1n) is 6.38. The number of fused-ring (bicyclic) bond motifs is 1. The average Bonchev–Trinajstić information content (AvgIpc) is 2.83. The first-order chi connectivity index (χ1) is 9.67. The van der Waals surface area contributed by atoms with Crippen molar-refractivity contribution in [2.75, 3.05) is 6.61 Å². The minimum atomic E-state index is -0.385. The van der Waals surface area contributed by atoms with E-state index in [2.05, 4.69) is 4.98 Å². The van der Waals surface area contributed by atoms with Crippen molar-refractivity contribution >= 4 is 10.9 Å². The molecule has 0 aliphatic carbocycles. The van der Waals surface area contributed by atoms with E-state index >= 15 is 0 Å². The van der Waals surface area contributed by atoms with Gasteiger partial charge in [-0.15, -0.1) is 0 Å². The Labute approximate surface area is 115 Å². The number of hydrogen-bond donors (Lipinski definition) is 1. The second kappa shape index (κ2) is 4.96. The molecule has 1 heterocycles. The molecule has 3 aromatic rings. The van der Waals surface area contributed by atoms with Crippen molar-refractivity contribution in [1.82, 2.24) is 4.98 Å². The number of halogens is 2. The highest BCUT2D eigenvalue weighted by Gasteiger charge is 2.09. The highest BCUT2D eigenvalue weighted by molar-refractivity contribution is 5.87. The number of hydrogen-bond acceptors (Lipinski definition) is 1. The molecule has 0 aliphatic rings. The van der Waals surface area contributed by atoms with Crippen LogP contribution in [-0.2, 0) is 0 Å². The number of aromatic amines is 1. The molecular weight excluding hydrogens is 260 g/mol. The lowest BCUT2D eigenvalue weighted by molar-refractivity contribution is 0.322. The Balaban J connectivity index is 2.08. The van der Waals surface area contributed by atoms with Crippen LogP contribution >= 0.6 is 0 Å². The summed E-state index contributed by atoms with van der Waals surface area (Å²) in [6, 6.07) is 11.1. The van der Waals surface area contributed by atoms with Crippen molar-refractivity contribution in [3.63, 3.8) is 0 Å². The van der Waals surface area contributed by atoms with Crippen molar-refractivity contribution in [3.05, 3.63) is 54.1 Å². The molecule has 0 radical (unpaired) electrons. The lowest BCUT2D eigenvalue weighted by Gasteiger charge is -2.03. The molecule has 1 aromatic heterocycles. The number of aromatic nitrogens is 1. The highest BCUT2D eigenvalue weighted by Crippen LogP contribution is 2.29. The van der Waals surface area contributed by atoms with Gasteiger partial charge in [-0.2, -0.15) is 0 Å². The van der Waals surface area contributed by atoms with Gasteiger partial charge in [-0.1, -0.05) is 0 Å². The lowest BCUT2D eigenvalue weighted by atomic mass is 10.1. The molecule has 0 aliphatic heterocycles. The zero-order valence-electron chi connectivity index (χ0n) is 10.9. The van der Waals surface area contributed by atoms with Gasteiger partial charge in [0.2, 0.25) is 0 Å². The summed E-state index contributed by atoms with van der Waals surface area (Å²) in [4.78, 5) is 3.19. The van der Waals surface area contributed by atoms with E-state index in [-0.39, 0.29) is 17.4 Å². The van der Waals surface area contributed by atoms with Crippen molar-refractivity contribution in [2.45, 2.75) is 6.92 Å². The quantitative estimate of drug-likeness (QED) is 0.746. The topological polar surface area (TPSA) is 25.0 Å². The molecule has 3 rings (SSSR count). The second-order valence-electron chi connectivity index (χ2n) is 4.49. The zero-order valence-corrected chi connectivity index (χ0v) is 10.9. The molecule has 2 nitrogen and oxygen atoms in total. The van der Waals surface area contributed by atoms with Crippen LogP contribution in [0.4, 0.5) is 8.78 Å². The summed E-state index contributed by atoms with van der Waals surface area (Å²) in [6.07, 6.45) is 0. The third kappa shape index (κ3) is 2.25. The minimum Gasteiger partial charge on any atom is -0.491 e. The number of nitrogens with one attached hydrogen (secondary N) is 1. The SMILES string of the molecule is CCOc1cc2[nH]c(-c3ccc(F)cc3)cc2cc1F. The summed E-state index contributed by atoms with van der Waals surface area (Å²) in [5, 5.41) is 0.755. The predicted molar refractivity (Wildman–Crippen MR) is 74.8 cm³/mol. The number of rotatable bonds is 3. The Kier molecular flexibility index (Phi) is 3.14. The monoisotopic (exact) mass is 273 g/mol. The maximum atomic E-state index is 13.8. The third-order valence-corrected chi connectivity index (χ3v) is 3.13. The summed E-state index contributed by atoms with van der Waals surface area (Å²) >= 11 is 0. The van der Waals surface area contributed by atoms with Gasteiger partial charge in [-0.25, -0.2) is 8.78 Å². The summed E-state index contributed by atoms with van der Waals surface area (Å²) in [6.45, 7) is 2.22. The molecule has 20 heavy (non-hydrogen) atoms. The van der Waals surface area contributed by atoms with E-state index < -0.39 is 0 Å². The smallest absolute Gasteiger partial charge is 0.165 e. The van der Waals surface area contributed by atoms with Gasteiger partial charge < -0.3 is 9.72 Å². The molecular formula is C16H13F2NO. The molecule has 4 heteroatoms. The zero-order chi connectivity index (χ0) is 14.1. The molecule has 0 unspecified atom stereocenters. The van der Waals surface area contributed by atoms with E-state index in [1.165, 1.54) is 18.2 Å². The van der Waals surface area contributed by atoms with E-state index in [1.54, 1.807) is 18.2 Å². The van der Waals surface area contributed by atoms with Crippen LogP contribution in [0.25, 0.3) is 22.2 Å². The van der Waals surface area contributed by atoms with Gasteiger partial charge in [0.1, 0.15) is 5.82 Å². The van der Waals surface area contributed by atoms with Crippen LogP contribution in [0.15, 0.2) is 42.5 Å². The van der Waals surface area contributed by atoms with Crippen molar-refractivity contribution < 1.29 is 13.5 Å². The molecule has 1 N–H and O–H groups in total. The van der Waals surface area contributed by atoms with E-state index in [0.29, 0.717) is 6.61 Å². The molecule has 2 aromatic carbocycles. The fourth-order valence-corrected chi connectivity index (χ4v) is 2.18. The van der Waals surface area contributed by atoms with Crippen LogP contribution in [0.5, 0.6) is 5.75 Å². The summed E-state index contributed by atoms with van der Waals surface area (Å²) in [5.41, 5.74) is 2.45. The van der Waals surface area contributed by atoms with E-state index in [1.807, 2.05) is 13.0 Å². The van der Waals surface area contributed by atoms with E-state index in [4.69, 9.17) is 4.74 Å². The first kappa shape index (κ1) is 12.7. The molecule has 0 amide bonds. The Bertz CT molecular complexity index is 747. The molecule has 102 valence electrons. The molecule has 0 bridgehead atoms. The Morgan fingerprint density at radius 3 is 2.50 bits per heavy atom. The van der Waals surface area contributed by atoms with Gasteiger partial charge in [0.25, 0.3) is 0 Å². The second-order valence-corrected chi connectivity index (χ2v) is 4.49. The Morgan fingerprint density at radius 1 is 1.05 bits per heavy atom. The Morgan fingerprint density at radius 2 is 1.80 bits per heavy atom. The van der Waals surface area contributed by atoms with E-state index in [9.17, 15) is 8.78 Å². The van der Waals surface area contributed by atoms with Crippen LogP contribution < -0.4 is 4.74 Å². The van der Waals surface area contributed by atoms with Crippen LogP contribution in [-0.4, -0.2) is 11.6 Å². The molecule has 0 saturated heterocycles. The molecule has 0 spiro atoms. The predicted octanol–water partition coefficient (Wildman–Crippen LogP) is 4.51. The lowest BCUT2D eigenvalue weighted by Crippen LogP contribution is -1.94. The van der Waals surface area contributed by atoms with Gasteiger partial charge in [0.05, 0.1) is 6.61 Å². The standard InChI is InChI=1S/C16H13F2NO/c1-2-20-16-9-15-11(7-13(16)18)8-14(19-15)10-3-5-12(17)6-4-10/h3-9,19H,2H2,1H3. The van der Waals surface area contributed by atoms with Crippen LogP contribution in [0, 0.1) is 11.6 Å². The van der Waals surface area contributed by atoms with Gasteiger partial charge in [-0.3, -0.25) is 0 Å². The fraction of sp³-hybridized carbons (Fsp3) is 0.125. The Hall–Kier alpha value is -2.36. The first-order valence-corrected chi connectivity index (χ1v) is 6.38. The molecule has 0 fully saturated rings. The van der Waals surface area contributed by atoms with Gasteiger partial charge in [0.15, 0.2) is 11.6 Å². The van der Waals surface area contributed by atoms with Gasteiger partial charge in [-0.05, 0) is 48.9 Å². The molecule has 0 atom stereocenters. The van der Waals surface area contributed by atoms with Gasteiger partial charge in [0, 0.05) is 22.7 Å². The van der Waals surface area contributed by atoms with Crippen molar-refractivity contribution in [3.8, 4) is 17.0 Å². The number of H-pyrrole nitrogens is 1. The van der Waals surface area contributed by atoms with Crippen molar-refractivity contribution in [1.29, 1.82) is 0 Å². The fourth-order valence-electron chi connectivity index (χ4n) is 2.18. The van der Waals surface area contributed by atoms with Crippen LogP contribution in [0.3, 0.4) is 0 Å². The minimum absolute atomic E-state index is 0.229. The van der Waals surface area contributed by atoms with Gasteiger partial charge >= 0.3 is 0 Å². The van der Waals surface area contributed by atoms with E-state index in [0.717, 1.165) is 22.2 Å². The average molecular weight is 273 g/mol. The highest BCUT2D eigenvalue weighted by atomic mass is 19.1. The third-order valence-electron chi connectivity index (χ3n) is 3.13. The maximum absolute atomic E-state index is 13.8. The van der Waals surface area contributed by atoms with Crippen molar-refractivity contribution in [2.24, 2.45) is 0 Å². The summed E-state index contributed by atoms with van der Waals surface area (Å²) in [7, 11) is 0. The normalized spacial score (nSPS) is 10.9. The number of benzene rings is 2. The van der Waals surface area contributed by atoms with Crippen LogP contribution in [0.2, 0.25) is 0 Å². The summed E-state index contributed by atoms with van der Waals surface area (Å²) in [5.74, 6) is -0.439. The van der Waals surface area contributed by atoms with Crippen LogP contribution in [0.1, 0.15) is 6.92 Å². The maximum Gasteiger partial charge on any atom is 0.165 e.